The van der Waals surface area contributed by atoms with Gasteiger partial charge in [-0.1, -0.05) is 85.0 Å². The van der Waals surface area contributed by atoms with Gasteiger partial charge in [-0.2, -0.15) is 0 Å². The van der Waals surface area contributed by atoms with Crippen molar-refractivity contribution in [3.63, 3.8) is 0 Å². The van der Waals surface area contributed by atoms with Crippen LogP contribution in [0.25, 0.3) is 22.3 Å². The van der Waals surface area contributed by atoms with E-state index in [-0.39, 0.29) is 12.1 Å². The van der Waals surface area contributed by atoms with Crippen molar-refractivity contribution in [3.05, 3.63) is 138 Å². The highest BCUT2D eigenvalue weighted by Crippen LogP contribution is 2.58. The summed E-state index contributed by atoms with van der Waals surface area (Å²) in [5, 5.41) is 4.88. The lowest BCUT2D eigenvalue weighted by Gasteiger charge is -2.30. The van der Waals surface area contributed by atoms with Gasteiger partial charge in [0, 0.05) is 34.3 Å². The first-order valence-electron chi connectivity index (χ1n) is 12.7. The van der Waals surface area contributed by atoms with Crippen molar-refractivity contribution in [2.24, 2.45) is 0 Å². The van der Waals surface area contributed by atoms with E-state index in [2.05, 4.69) is 150 Å². The van der Waals surface area contributed by atoms with Gasteiger partial charge in [0.05, 0.1) is 17.8 Å². The van der Waals surface area contributed by atoms with E-state index in [1.807, 2.05) is 11.3 Å². The zero-order valence-electron chi connectivity index (χ0n) is 20.6. The van der Waals surface area contributed by atoms with Gasteiger partial charge in [0.25, 0.3) is 0 Å². The molecule has 0 saturated carbocycles. The van der Waals surface area contributed by atoms with Crippen LogP contribution >= 0.6 is 11.3 Å². The van der Waals surface area contributed by atoms with Crippen molar-refractivity contribution in [1.82, 2.24) is 10.2 Å². The SMILES string of the molecule is CN1C=CC=CC1c1c(C2C=CC=CN2)sc2c1-c1ccccc1-c1ccccc1N2c1ccccc1. The maximum Gasteiger partial charge on any atom is 0.109 e. The van der Waals surface area contributed by atoms with E-state index in [9.17, 15) is 0 Å². The minimum atomic E-state index is 0.115. The van der Waals surface area contributed by atoms with E-state index in [1.54, 1.807) is 0 Å². The third-order valence-corrected chi connectivity index (χ3v) is 8.61. The van der Waals surface area contributed by atoms with E-state index in [0.29, 0.717) is 0 Å². The molecular formula is C33H27N3S. The Bertz CT molecular complexity index is 1590. The lowest BCUT2D eigenvalue weighted by Crippen LogP contribution is -2.22. The molecule has 3 aliphatic heterocycles. The minimum absolute atomic E-state index is 0.115. The smallest absolute Gasteiger partial charge is 0.109 e. The third-order valence-electron chi connectivity index (χ3n) is 7.33. The Kier molecular flexibility index (Phi) is 5.33. The monoisotopic (exact) mass is 497 g/mol. The van der Waals surface area contributed by atoms with E-state index in [1.165, 1.54) is 49.1 Å². The summed E-state index contributed by atoms with van der Waals surface area (Å²) >= 11 is 1.90. The highest BCUT2D eigenvalue weighted by atomic mass is 32.1. The molecule has 2 unspecified atom stereocenters. The molecule has 0 aliphatic carbocycles. The predicted molar refractivity (Wildman–Crippen MR) is 156 cm³/mol. The Balaban J connectivity index is 1.60. The molecule has 0 saturated heterocycles. The fourth-order valence-electron chi connectivity index (χ4n) is 5.66. The Hall–Kier alpha value is -4.28. The number of benzene rings is 3. The quantitative estimate of drug-likeness (QED) is 0.269. The van der Waals surface area contributed by atoms with Crippen LogP contribution in [0.15, 0.2) is 128 Å². The van der Waals surface area contributed by atoms with Crippen LogP contribution in [0, 0.1) is 0 Å². The summed E-state index contributed by atoms with van der Waals surface area (Å²) < 4.78 is 0. The van der Waals surface area contributed by atoms with E-state index >= 15 is 0 Å². The van der Waals surface area contributed by atoms with Crippen LogP contribution < -0.4 is 10.2 Å². The Labute approximate surface area is 222 Å². The second-order valence-electron chi connectivity index (χ2n) is 9.52. The Morgan fingerprint density at radius 3 is 2.24 bits per heavy atom. The van der Waals surface area contributed by atoms with Gasteiger partial charge in [0.2, 0.25) is 0 Å². The number of allylic oxidation sites excluding steroid dienone is 4. The van der Waals surface area contributed by atoms with Crippen molar-refractivity contribution in [1.29, 1.82) is 0 Å². The Morgan fingerprint density at radius 1 is 0.730 bits per heavy atom. The van der Waals surface area contributed by atoms with E-state index < -0.39 is 0 Å². The molecule has 1 N–H and O–H groups in total. The molecule has 4 heteroatoms. The van der Waals surface area contributed by atoms with Crippen molar-refractivity contribution >= 4 is 27.7 Å². The van der Waals surface area contributed by atoms with Crippen LogP contribution in [-0.2, 0) is 0 Å². The number of thiophene rings is 1. The molecule has 0 spiro atoms. The zero-order valence-corrected chi connectivity index (χ0v) is 21.4. The molecule has 7 rings (SSSR count). The molecule has 3 nitrogen and oxygen atoms in total. The van der Waals surface area contributed by atoms with Gasteiger partial charge in [-0.25, -0.2) is 0 Å². The van der Waals surface area contributed by atoms with Gasteiger partial charge in [-0.15, -0.1) is 11.3 Å². The van der Waals surface area contributed by atoms with Crippen molar-refractivity contribution in [2.45, 2.75) is 12.1 Å². The number of para-hydroxylation sites is 2. The molecule has 3 aliphatic rings. The highest BCUT2D eigenvalue weighted by molar-refractivity contribution is 7.17. The highest BCUT2D eigenvalue weighted by Gasteiger charge is 2.36. The van der Waals surface area contributed by atoms with E-state index in [4.69, 9.17) is 0 Å². The average molecular weight is 498 g/mol. The minimum Gasteiger partial charge on any atom is -0.380 e. The molecule has 0 radical (unpaired) electrons. The van der Waals surface area contributed by atoms with Gasteiger partial charge in [-0.05, 0) is 53.9 Å². The van der Waals surface area contributed by atoms with Crippen molar-refractivity contribution in [2.75, 3.05) is 11.9 Å². The fraction of sp³-hybridized carbons (Fsp3) is 0.0909. The largest absolute Gasteiger partial charge is 0.380 e. The summed E-state index contributed by atoms with van der Waals surface area (Å²) in [5.74, 6) is 0. The van der Waals surface area contributed by atoms with Crippen molar-refractivity contribution < 1.29 is 0 Å². The second kappa shape index (κ2) is 8.99. The summed E-state index contributed by atoms with van der Waals surface area (Å²) in [6.07, 6.45) is 17.3. The van der Waals surface area contributed by atoms with Crippen LogP contribution in [0.3, 0.4) is 0 Å². The standard InChI is InChI=1S/C33H27N3S/c1-35-22-12-10-20-29(35)31-30-26-17-6-5-15-24(26)25-16-7-8-19-28(25)36(23-13-3-2-4-14-23)33(30)37-32(31)27-18-9-11-21-34-27/h2-22,27,29,34H,1H3. The number of anilines is 3. The number of nitrogens with one attached hydrogen (secondary N) is 1. The molecule has 1 aromatic heterocycles. The molecule has 0 fully saturated rings. The lowest BCUT2D eigenvalue weighted by molar-refractivity contribution is 0.388. The molecule has 4 heterocycles. The first kappa shape index (κ1) is 22.0. The molecule has 0 bridgehead atoms. The summed E-state index contributed by atoms with van der Waals surface area (Å²) in [7, 11) is 2.18. The van der Waals surface area contributed by atoms with Crippen LogP contribution in [0.1, 0.15) is 22.5 Å². The molecule has 2 atom stereocenters. The number of likely N-dealkylation sites (N-methyl/N-ethyl adjacent to an activating group) is 1. The summed E-state index contributed by atoms with van der Waals surface area (Å²) in [6.45, 7) is 0. The van der Waals surface area contributed by atoms with Gasteiger partial charge in [-0.3, -0.25) is 0 Å². The first-order valence-corrected chi connectivity index (χ1v) is 13.5. The number of hydrogen-bond acceptors (Lipinski definition) is 4. The maximum atomic E-state index is 3.62. The third kappa shape index (κ3) is 3.56. The zero-order chi connectivity index (χ0) is 24.8. The molecule has 37 heavy (non-hydrogen) atoms. The molecule has 4 aromatic rings. The van der Waals surface area contributed by atoms with Gasteiger partial charge < -0.3 is 15.1 Å². The lowest BCUT2D eigenvalue weighted by atomic mass is 9.89. The van der Waals surface area contributed by atoms with Crippen LogP contribution in [-0.4, -0.2) is 11.9 Å². The average Bonchev–Trinajstić information content (AvgIpc) is 3.29. The predicted octanol–water partition coefficient (Wildman–Crippen LogP) is 8.64. The van der Waals surface area contributed by atoms with Crippen molar-refractivity contribution in [3.8, 4) is 22.3 Å². The molecule has 0 amide bonds. The topological polar surface area (TPSA) is 18.5 Å². The van der Waals surface area contributed by atoms with Crippen LogP contribution in [0.4, 0.5) is 16.4 Å². The van der Waals surface area contributed by atoms with Gasteiger partial charge in [0.1, 0.15) is 5.00 Å². The first-order chi connectivity index (χ1) is 18.3. The fourth-order valence-corrected chi connectivity index (χ4v) is 7.09. The molecular weight excluding hydrogens is 470 g/mol. The summed E-state index contributed by atoms with van der Waals surface area (Å²) in [6, 6.07) is 28.7. The number of fused-ring (bicyclic) bond motifs is 5. The number of nitrogens with zero attached hydrogens (tertiary/aromatic N) is 2. The Morgan fingerprint density at radius 2 is 1.46 bits per heavy atom. The normalized spacial score (nSPS) is 19.2. The number of hydrogen-bond donors (Lipinski definition) is 1. The van der Waals surface area contributed by atoms with Crippen LogP contribution in [0.2, 0.25) is 0 Å². The maximum absolute atomic E-state index is 3.62. The molecule has 3 aromatic carbocycles. The van der Waals surface area contributed by atoms with E-state index in [0.717, 1.165) is 0 Å². The van der Waals surface area contributed by atoms with Crippen LogP contribution in [0.5, 0.6) is 0 Å². The van der Waals surface area contributed by atoms with Gasteiger partial charge in [0.15, 0.2) is 0 Å². The summed E-state index contributed by atoms with van der Waals surface area (Å²) in [5.41, 5.74) is 8.87. The number of rotatable bonds is 3. The van der Waals surface area contributed by atoms with Gasteiger partial charge >= 0.3 is 0 Å². The summed E-state index contributed by atoms with van der Waals surface area (Å²) in [4.78, 5) is 6.13. The molecule has 180 valence electrons. The second-order valence-corrected chi connectivity index (χ2v) is 10.5. The number of dihydropyridines is 1.